The first-order valence-electron chi connectivity index (χ1n) is 8.07. The Labute approximate surface area is 162 Å². The van der Waals surface area contributed by atoms with E-state index in [4.69, 9.17) is 39.5 Å². The second kappa shape index (κ2) is 8.84. The summed E-state index contributed by atoms with van der Waals surface area (Å²) in [6, 6.07) is 3.06. The maximum atomic E-state index is 12.8. The number of rotatable bonds is 8. The summed E-state index contributed by atoms with van der Waals surface area (Å²) in [6.07, 6.45) is 4.81. The number of ketones is 1. The summed E-state index contributed by atoms with van der Waals surface area (Å²) in [4.78, 5) is 15.5. The third-order valence-electron chi connectivity index (χ3n) is 3.99. The number of carbonyl (C=O) groups is 1. The van der Waals surface area contributed by atoms with Crippen molar-refractivity contribution in [1.29, 1.82) is 0 Å². The molecule has 0 aliphatic carbocycles. The van der Waals surface area contributed by atoms with Crippen LogP contribution in [0.25, 0.3) is 0 Å². The Morgan fingerprint density at radius 1 is 1.16 bits per heavy atom. The van der Waals surface area contributed by atoms with Crippen LogP contribution in [0.5, 0.6) is 11.5 Å². The quantitative estimate of drug-likeness (QED) is 0.416. The van der Waals surface area contributed by atoms with Crippen LogP contribution in [0, 0.1) is 0 Å². The van der Waals surface area contributed by atoms with Gasteiger partial charge in [0.1, 0.15) is 16.5 Å². The van der Waals surface area contributed by atoms with Gasteiger partial charge in [-0.05, 0) is 30.5 Å². The number of benzene rings is 1. The predicted octanol–water partition coefficient (Wildman–Crippen LogP) is 6.04. The van der Waals surface area contributed by atoms with E-state index in [1.54, 1.807) is 6.07 Å². The first kappa shape index (κ1) is 20.0. The zero-order valence-corrected chi connectivity index (χ0v) is 16.4. The molecule has 1 aromatic carbocycles. The molecule has 0 bridgehead atoms. The number of halogens is 3. The molecule has 0 atom stereocenters. The molecular weight excluding hydrogens is 385 g/mol. The van der Waals surface area contributed by atoms with Crippen molar-refractivity contribution in [2.45, 2.75) is 39.0 Å². The van der Waals surface area contributed by atoms with Gasteiger partial charge in [-0.2, -0.15) is 0 Å². The average Bonchev–Trinajstić information content (AvgIpc) is 2.92. The Morgan fingerprint density at radius 3 is 2.44 bits per heavy atom. The Balaban J connectivity index is 2.43. The molecule has 0 fully saturated rings. The molecule has 0 radical (unpaired) electrons. The SMILES string of the molecule is CCCCCCc1cc(Cl)c(OC)c(C(=O)c2cc(Cl)c(Cl)[nH]2)c1O. The van der Waals surface area contributed by atoms with Crippen molar-refractivity contribution in [1.82, 2.24) is 4.98 Å². The second-order valence-corrected chi connectivity index (χ2v) is 6.95. The maximum absolute atomic E-state index is 12.8. The Morgan fingerprint density at radius 2 is 1.88 bits per heavy atom. The van der Waals surface area contributed by atoms with Crippen LogP contribution in [0.15, 0.2) is 12.1 Å². The van der Waals surface area contributed by atoms with Crippen LogP contribution < -0.4 is 4.74 Å². The van der Waals surface area contributed by atoms with E-state index in [-0.39, 0.29) is 38.0 Å². The van der Waals surface area contributed by atoms with Crippen LogP contribution in [-0.2, 0) is 6.42 Å². The van der Waals surface area contributed by atoms with Gasteiger partial charge in [-0.25, -0.2) is 0 Å². The Hall–Kier alpha value is -1.36. The van der Waals surface area contributed by atoms with Gasteiger partial charge < -0.3 is 14.8 Å². The lowest BCUT2D eigenvalue weighted by molar-refractivity contribution is 0.102. The van der Waals surface area contributed by atoms with Gasteiger partial charge in [0.05, 0.1) is 22.8 Å². The fraction of sp³-hybridized carbons (Fsp3) is 0.389. The van der Waals surface area contributed by atoms with Crippen molar-refractivity contribution in [3.8, 4) is 11.5 Å². The number of aryl methyl sites for hydroxylation is 1. The third-order valence-corrected chi connectivity index (χ3v) is 4.96. The fourth-order valence-electron chi connectivity index (χ4n) is 2.68. The monoisotopic (exact) mass is 403 g/mol. The summed E-state index contributed by atoms with van der Waals surface area (Å²) in [5, 5.41) is 11.3. The number of phenols is 1. The van der Waals surface area contributed by atoms with Crippen molar-refractivity contribution in [2.75, 3.05) is 7.11 Å². The molecular formula is C18H20Cl3NO3. The van der Waals surface area contributed by atoms with Gasteiger partial charge >= 0.3 is 0 Å². The number of aromatic nitrogens is 1. The van der Waals surface area contributed by atoms with E-state index in [1.165, 1.54) is 13.2 Å². The summed E-state index contributed by atoms with van der Waals surface area (Å²) in [5.74, 6) is -0.478. The molecule has 2 N–H and O–H groups in total. The number of unbranched alkanes of at least 4 members (excludes halogenated alkanes) is 3. The van der Waals surface area contributed by atoms with Crippen LogP contribution >= 0.6 is 34.8 Å². The molecule has 0 amide bonds. The lowest BCUT2D eigenvalue weighted by Gasteiger charge is -2.15. The van der Waals surface area contributed by atoms with Crippen LogP contribution in [-0.4, -0.2) is 23.0 Å². The molecule has 2 rings (SSSR count). The van der Waals surface area contributed by atoms with Gasteiger partial charge in [0.15, 0.2) is 5.75 Å². The molecule has 25 heavy (non-hydrogen) atoms. The number of phenolic OH excluding ortho intramolecular Hbond substituents is 1. The van der Waals surface area contributed by atoms with Crippen molar-refractivity contribution >= 4 is 40.6 Å². The van der Waals surface area contributed by atoms with Crippen molar-refractivity contribution in [2.24, 2.45) is 0 Å². The van der Waals surface area contributed by atoms with Crippen LogP contribution in [0.2, 0.25) is 15.2 Å². The van der Waals surface area contributed by atoms with E-state index in [2.05, 4.69) is 11.9 Å². The van der Waals surface area contributed by atoms with E-state index in [1.807, 2.05) is 0 Å². The topological polar surface area (TPSA) is 62.3 Å². The zero-order valence-electron chi connectivity index (χ0n) is 14.1. The first-order chi connectivity index (χ1) is 11.9. The van der Waals surface area contributed by atoms with Crippen LogP contribution in [0.3, 0.4) is 0 Å². The summed E-state index contributed by atoms with van der Waals surface area (Å²) >= 11 is 18.0. The molecule has 0 aliphatic rings. The standard InChI is InChI=1S/C18H20Cl3NO3/c1-3-4-5-6-7-10-8-11(19)17(25-2)14(15(10)23)16(24)13-9-12(20)18(21)22-13/h8-9,22-23H,3-7H2,1-2H3. The summed E-state index contributed by atoms with van der Waals surface area (Å²) in [5.41, 5.74) is 0.784. The number of aromatic hydroxyl groups is 1. The lowest BCUT2D eigenvalue weighted by atomic mass is 9.98. The molecule has 1 heterocycles. The van der Waals surface area contributed by atoms with E-state index < -0.39 is 5.78 Å². The van der Waals surface area contributed by atoms with Crippen LogP contribution in [0.1, 0.15) is 54.2 Å². The van der Waals surface area contributed by atoms with Crippen molar-refractivity contribution < 1.29 is 14.6 Å². The Bertz CT molecular complexity index is 752. The van der Waals surface area contributed by atoms with Crippen LogP contribution in [0.4, 0.5) is 0 Å². The minimum Gasteiger partial charge on any atom is -0.507 e. The molecule has 136 valence electrons. The number of methoxy groups -OCH3 is 1. The highest BCUT2D eigenvalue weighted by Crippen LogP contribution is 2.40. The lowest BCUT2D eigenvalue weighted by Crippen LogP contribution is -2.07. The molecule has 4 nitrogen and oxygen atoms in total. The van der Waals surface area contributed by atoms with E-state index in [9.17, 15) is 9.90 Å². The van der Waals surface area contributed by atoms with Gasteiger partial charge in [-0.1, -0.05) is 61.0 Å². The van der Waals surface area contributed by atoms with E-state index in [0.29, 0.717) is 12.0 Å². The molecule has 7 heteroatoms. The van der Waals surface area contributed by atoms with Gasteiger partial charge in [0.25, 0.3) is 0 Å². The summed E-state index contributed by atoms with van der Waals surface area (Å²) in [6.45, 7) is 2.13. The molecule has 0 unspecified atom stereocenters. The molecule has 2 aromatic rings. The minimum absolute atomic E-state index is 0.00933. The number of hydrogen-bond donors (Lipinski definition) is 2. The maximum Gasteiger partial charge on any atom is 0.216 e. The average molecular weight is 405 g/mol. The zero-order chi connectivity index (χ0) is 18.6. The van der Waals surface area contributed by atoms with Gasteiger partial charge in [0, 0.05) is 0 Å². The molecule has 1 aromatic heterocycles. The highest BCUT2D eigenvalue weighted by Gasteiger charge is 2.26. The summed E-state index contributed by atoms with van der Waals surface area (Å²) < 4.78 is 5.24. The number of carbonyl (C=O) groups excluding carboxylic acids is 1. The fourth-order valence-corrected chi connectivity index (χ4v) is 3.29. The first-order valence-corrected chi connectivity index (χ1v) is 9.21. The molecule has 0 aliphatic heterocycles. The summed E-state index contributed by atoms with van der Waals surface area (Å²) in [7, 11) is 1.40. The highest BCUT2D eigenvalue weighted by molar-refractivity contribution is 6.42. The minimum atomic E-state index is -0.486. The van der Waals surface area contributed by atoms with Gasteiger partial charge in [-0.3, -0.25) is 4.79 Å². The smallest absolute Gasteiger partial charge is 0.216 e. The van der Waals surface area contributed by atoms with Crippen molar-refractivity contribution in [3.63, 3.8) is 0 Å². The number of hydrogen-bond acceptors (Lipinski definition) is 3. The van der Waals surface area contributed by atoms with E-state index in [0.717, 1.165) is 25.7 Å². The van der Waals surface area contributed by atoms with Gasteiger partial charge in [0.2, 0.25) is 5.78 Å². The number of nitrogens with one attached hydrogen (secondary N) is 1. The highest BCUT2D eigenvalue weighted by atomic mass is 35.5. The second-order valence-electron chi connectivity index (χ2n) is 5.76. The predicted molar refractivity (Wildman–Crippen MR) is 102 cm³/mol. The number of ether oxygens (including phenoxy) is 1. The number of aromatic amines is 1. The van der Waals surface area contributed by atoms with Gasteiger partial charge in [-0.15, -0.1) is 0 Å². The third kappa shape index (κ3) is 4.43. The largest absolute Gasteiger partial charge is 0.507 e. The van der Waals surface area contributed by atoms with E-state index >= 15 is 0 Å². The molecule has 0 saturated carbocycles. The Kier molecular flexibility index (Phi) is 7.05. The molecule has 0 saturated heterocycles. The normalized spacial score (nSPS) is 10.9. The van der Waals surface area contributed by atoms with Crippen molar-refractivity contribution in [3.05, 3.63) is 44.2 Å². The number of H-pyrrole nitrogens is 1. The molecule has 0 spiro atoms.